The van der Waals surface area contributed by atoms with Crippen molar-refractivity contribution >= 4 is 5.97 Å². The highest BCUT2D eigenvalue weighted by Crippen LogP contribution is 2.37. The molecule has 0 amide bonds. The van der Waals surface area contributed by atoms with E-state index < -0.39 is 0 Å². The van der Waals surface area contributed by atoms with E-state index >= 15 is 0 Å². The number of aliphatic hydroxyl groups excluding tert-OH is 1. The fourth-order valence-corrected chi connectivity index (χ4v) is 3.42. The fraction of sp³-hybridized carbons (Fsp3) is 0.867. The van der Waals surface area contributed by atoms with Crippen LogP contribution in [-0.4, -0.2) is 44.4 Å². The molecule has 0 aliphatic heterocycles. The summed E-state index contributed by atoms with van der Waals surface area (Å²) in [7, 11) is 0. The molecule has 1 saturated carbocycles. The zero-order chi connectivity index (χ0) is 15.8. The summed E-state index contributed by atoms with van der Waals surface area (Å²) in [6.45, 7) is 1.65. The third-order valence-corrected chi connectivity index (χ3v) is 4.53. The number of carbonyl (C=O) groups is 1. The van der Waals surface area contributed by atoms with Gasteiger partial charge in [0, 0.05) is 25.9 Å². The Kier molecular flexibility index (Phi) is 6.76. The number of hydrogen-bond acceptors (Lipinski definition) is 6. The minimum Gasteiger partial charge on any atom is -0.462 e. The van der Waals surface area contributed by atoms with Gasteiger partial charge < -0.3 is 9.84 Å². The number of aromatic amines is 1. The zero-order valence-corrected chi connectivity index (χ0v) is 13.2. The van der Waals surface area contributed by atoms with Crippen LogP contribution in [0.15, 0.2) is 0 Å². The third-order valence-electron chi connectivity index (χ3n) is 4.53. The van der Waals surface area contributed by atoms with E-state index in [-0.39, 0.29) is 24.6 Å². The van der Waals surface area contributed by atoms with Crippen LogP contribution in [0.25, 0.3) is 0 Å². The van der Waals surface area contributed by atoms with Crippen LogP contribution >= 0.6 is 0 Å². The zero-order valence-electron chi connectivity index (χ0n) is 13.2. The van der Waals surface area contributed by atoms with Crippen molar-refractivity contribution in [1.82, 2.24) is 20.6 Å². The molecule has 2 rings (SSSR count). The lowest BCUT2D eigenvalue weighted by molar-refractivity contribution is -0.148. The van der Waals surface area contributed by atoms with E-state index in [0.717, 1.165) is 57.2 Å². The molecular weight excluding hydrogens is 284 g/mol. The first-order valence-corrected chi connectivity index (χ1v) is 8.21. The van der Waals surface area contributed by atoms with Gasteiger partial charge in [-0.25, -0.2) is 0 Å². The van der Waals surface area contributed by atoms with Crippen LogP contribution in [-0.2, 0) is 16.0 Å². The van der Waals surface area contributed by atoms with Crippen LogP contribution in [0.5, 0.6) is 0 Å². The number of hydrogen-bond donors (Lipinski definition) is 2. The molecule has 1 aliphatic carbocycles. The summed E-state index contributed by atoms with van der Waals surface area (Å²) >= 11 is 0. The van der Waals surface area contributed by atoms with Gasteiger partial charge in [-0.1, -0.05) is 24.5 Å². The van der Waals surface area contributed by atoms with E-state index in [1.807, 2.05) is 0 Å². The van der Waals surface area contributed by atoms with Gasteiger partial charge in [0.15, 0.2) is 5.82 Å². The van der Waals surface area contributed by atoms with Crippen molar-refractivity contribution < 1.29 is 14.6 Å². The molecule has 1 aromatic heterocycles. The monoisotopic (exact) mass is 310 g/mol. The second-order valence-corrected chi connectivity index (χ2v) is 6.11. The van der Waals surface area contributed by atoms with Crippen molar-refractivity contribution in [3.8, 4) is 0 Å². The molecule has 1 aliphatic rings. The Hall–Kier alpha value is -1.50. The smallest absolute Gasteiger partial charge is 0.302 e. The highest BCUT2D eigenvalue weighted by molar-refractivity contribution is 5.66. The predicted molar refractivity (Wildman–Crippen MR) is 79.8 cm³/mol. The van der Waals surface area contributed by atoms with Crippen LogP contribution in [0.4, 0.5) is 0 Å². The summed E-state index contributed by atoms with van der Waals surface area (Å²) in [6.07, 6.45) is 8.13. The summed E-state index contributed by atoms with van der Waals surface area (Å²) in [4.78, 5) is 11.2. The van der Waals surface area contributed by atoms with Crippen molar-refractivity contribution in [2.45, 2.75) is 64.4 Å². The van der Waals surface area contributed by atoms with E-state index in [0.29, 0.717) is 5.92 Å². The van der Waals surface area contributed by atoms with E-state index in [9.17, 15) is 9.90 Å². The lowest BCUT2D eigenvalue weighted by Gasteiger charge is -2.23. The molecule has 0 aromatic carbocycles. The van der Waals surface area contributed by atoms with Crippen LogP contribution in [0.3, 0.4) is 0 Å². The summed E-state index contributed by atoms with van der Waals surface area (Å²) in [6, 6.07) is 0. The molecule has 1 heterocycles. The Balaban J connectivity index is 1.63. The van der Waals surface area contributed by atoms with Crippen molar-refractivity contribution in [2.24, 2.45) is 11.8 Å². The van der Waals surface area contributed by atoms with Gasteiger partial charge >= 0.3 is 5.97 Å². The molecule has 7 heteroatoms. The van der Waals surface area contributed by atoms with Crippen molar-refractivity contribution in [2.75, 3.05) is 6.61 Å². The van der Waals surface area contributed by atoms with Gasteiger partial charge in [0.1, 0.15) is 6.10 Å². The average molecular weight is 310 g/mol. The maximum atomic E-state index is 11.2. The molecule has 3 unspecified atom stereocenters. The molecule has 0 radical (unpaired) electrons. The van der Waals surface area contributed by atoms with E-state index in [1.165, 1.54) is 6.92 Å². The predicted octanol–water partition coefficient (Wildman–Crippen LogP) is 1.64. The van der Waals surface area contributed by atoms with Gasteiger partial charge in [0.05, 0.1) is 0 Å². The topological polar surface area (TPSA) is 101 Å². The number of nitrogens with one attached hydrogen (secondary N) is 1. The van der Waals surface area contributed by atoms with Crippen LogP contribution in [0, 0.1) is 11.8 Å². The first-order valence-electron chi connectivity index (χ1n) is 8.21. The lowest BCUT2D eigenvalue weighted by atomic mass is 9.89. The van der Waals surface area contributed by atoms with Gasteiger partial charge in [-0.05, 0) is 31.6 Å². The van der Waals surface area contributed by atoms with Crippen molar-refractivity contribution in [1.29, 1.82) is 0 Å². The first-order chi connectivity index (χ1) is 10.7. The molecule has 22 heavy (non-hydrogen) atoms. The highest BCUT2D eigenvalue weighted by Gasteiger charge is 2.37. The number of esters is 1. The van der Waals surface area contributed by atoms with E-state index in [4.69, 9.17) is 4.74 Å². The normalized spacial score (nSPS) is 24.5. The summed E-state index contributed by atoms with van der Waals surface area (Å²) < 4.78 is 5.41. The number of aryl methyl sites for hydroxylation is 1. The molecule has 2 N–H and O–H groups in total. The largest absolute Gasteiger partial charge is 0.462 e. The van der Waals surface area contributed by atoms with Gasteiger partial charge in [-0.3, -0.25) is 4.79 Å². The molecule has 3 atom stereocenters. The molecule has 1 aromatic rings. The Bertz CT molecular complexity index is 438. The first kappa shape index (κ1) is 16.9. The quantitative estimate of drug-likeness (QED) is 0.531. The second kappa shape index (κ2) is 8.82. The highest BCUT2D eigenvalue weighted by atomic mass is 16.5. The maximum absolute atomic E-state index is 11.2. The number of aliphatic hydroxyl groups is 1. The lowest BCUT2D eigenvalue weighted by Crippen LogP contribution is -2.25. The number of unbranched alkanes of at least 4 members (excludes halogenated alkanes) is 3. The number of aromatic nitrogens is 4. The van der Waals surface area contributed by atoms with Crippen molar-refractivity contribution in [3.05, 3.63) is 5.82 Å². The van der Waals surface area contributed by atoms with E-state index in [1.54, 1.807) is 0 Å². The third kappa shape index (κ3) is 5.05. The van der Waals surface area contributed by atoms with E-state index in [2.05, 4.69) is 20.6 Å². The molecule has 7 nitrogen and oxygen atoms in total. The number of nitrogens with zero attached hydrogens (tertiary/aromatic N) is 3. The Morgan fingerprint density at radius 1 is 1.32 bits per heavy atom. The summed E-state index contributed by atoms with van der Waals surface area (Å²) in [5.41, 5.74) is 0. The van der Waals surface area contributed by atoms with Crippen LogP contribution in [0.2, 0.25) is 0 Å². The standard InChI is InChI=1S/C15H26N4O3/c1-11(21)22-14-9-8-12(10-20)13(14)6-4-2-3-5-7-15-16-18-19-17-15/h12-14,20H,2-10H2,1H3,(H,16,17,18,19). The average Bonchev–Trinajstić information content (AvgIpc) is 3.12. The molecule has 0 spiro atoms. The van der Waals surface area contributed by atoms with Gasteiger partial charge in [0.25, 0.3) is 0 Å². The summed E-state index contributed by atoms with van der Waals surface area (Å²) in [5, 5.41) is 23.3. The SMILES string of the molecule is CC(=O)OC1CCC(CO)C1CCCCCCc1nn[nH]n1. The second-order valence-electron chi connectivity index (χ2n) is 6.11. The fourth-order valence-electron chi connectivity index (χ4n) is 3.42. The van der Waals surface area contributed by atoms with Crippen LogP contribution < -0.4 is 0 Å². The molecule has 0 saturated heterocycles. The number of tetrazole rings is 1. The number of rotatable bonds is 9. The number of ether oxygens (including phenoxy) is 1. The molecule has 1 fully saturated rings. The Morgan fingerprint density at radius 3 is 2.82 bits per heavy atom. The Labute approximate surface area is 130 Å². The minimum atomic E-state index is -0.214. The van der Waals surface area contributed by atoms with Gasteiger partial charge in [0.2, 0.25) is 0 Å². The molecule has 0 bridgehead atoms. The Morgan fingerprint density at radius 2 is 2.14 bits per heavy atom. The molecular formula is C15H26N4O3. The summed E-state index contributed by atoms with van der Waals surface area (Å²) in [5.74, 6) is 1.15. The van der Waals surface area contributed by atoms with Gasteiger partial charge in [-0.15, -0.1) is 10.2 Å². The number of H-pyrrole nitrogens is 1. The van der Waals surface area contributed by atoms with Gasteiger partial charge in [-0.2, -0.15) is 5.21 Å². The minimum absolute atomic E-state index is 0.00557. The molecule has 124 valence electrons. The van der Waals surface area contributed by atoms with Crippen LogP contribution in [0.1, 0.15) is 57.7 Å². The van der Waals surface area contributed by atoms with Crippen molar-refractivity contribution in [3.63, 3.8) is 0 Å². The number of carbonyl (C=O) groups excluding carboxylic acids is 1. The maximum Gasteiger partial charge on any atom is 0.302 e.